The van der Waals surface area contributed by atoms with Gasteiger partial charge in [-0.25, -0.2) is 4.79 Å². The van der Waals surface area contributed by atoms with Crippen LogP contribution in [-0.2, 0) is 9.53 Å². The van der Waals surface area contributed by atoms with Gasteiger partial charge in [0.05, 0.1) is 6.10 Å². The average Bonchev–Trinajstić information content (AvgIpc) is 2.24. The number of amides is 2. The number of methoxy groups -OCH3 is 1. The van der Waals surface area contributed by atoms with Crippen LogP contribution in [0, 0.1) is 0 Å². The summed E-state index contributed by atoms with van der Waals surface area (Å²) in [6.07, 6.45) is 1.37. The van der Waals surface area contributed by atoms with Gasteiger partial charge in [0.1, 0.15) is 0 Å². The molecule has 0 aliphatic carbocycles. The van der Waals surface area contributed by atoms with Gasteiger partial charge >= 0.3 is 12.0 Å². The van der Waals surface area contributed by atoms with Gasteiger partial charge in [0.25, 0.3) is 0 Å². The summed E-state index contributed by atoms with van der Waals surface area (Å²) in [5.41, 5.74) is 0. The van der Waals surface area contributed by atoms with Gasteiger partial charge in [0, 0.05) is 26.6 Å². The van der Waals surface area contributed by atoms with Gasteiger partial charge < -0.3 is 20.5 Å². The van der Waals surface area contributed by atoms with Gasteiger partial charge in [-0.05, 0) is 19.8 Å². The van der Waals surface area contributed by atoms with E-state index in [4.69, 9.17) is 9.84 Å². The van der Waals surface area contributed by atoms with Gasteiger partial charge in [-0.1, -0.05) is 0 Å². The molecule has 0 rings (SSSR count). The normalized spacial score (nSPS) is 11.9. The second-order valence-electron chi connectivity index (χ2n) is 3.53. The smallest absolute Gasteiger partial charge is 0.314 e. The number of carbonyl (C=O) groups is 2. The van der Waals surface area contributed by atoms with Crippen LogP contribution in [0.2, 0.25) is 0 Å². The number of unbranched alkanes of at least 4 members (excludes halogenated alkanes) is 1. The van der Waals surface area contributed by atoms with Crippen molar-refractivity contribution in [2.24, 2.45) is 0 Å². The van der Waals surface area contributed by atoms with Crippen molar-refractivity contribution < 1.29 is 19.4 Å². The molecule has 6 heteroatoms. The van der Waals surface area contributed by atoms with E-state index in [1.807, 2.05) is 6.92 Å². The van der Waals surface area contributed by atoms with Crippen LogP contribution >= 0.6 is 0 Å². The molecule has 1 atom stereocenters. The Morgan fingerprint density at radius 2 is 2.00 bits per heavy atom. The molecule has 0 fully saturated rings. The molecule has 0 saturated heterocycles. The first-order valence-corrected chi connectivity index (χ1v) is 5.32. The third kappa shape index (κ3) is 9.26. The number of ether oxygens (including phenoxy) is 1. The third-order valence-electron chi connectivity index (χ3n) is 2.06. The molecule has 94 valence electrons. The van der Waals surface area contributed by atoms with Crippen LogP contribution in [0.1, 0.15) is 26.2 Å². The summed E-state index contributed by atoms with van der Waals surface area (Å²) < 4.78 is 4.96. The number of rotatable bonds is 8. The highest BCUT2D eigenvalue weighted by Gasteiger charge is 2.03. The van der Waals surface area contributed by atoms with Gasteiger partial charge in [-0.15, -0.1) is 0 Å². The van der Waals surface area contributed by atoms with Crippen molar-refractivity contribution in [3.8, 4) is 0 Å². The fourth-order valence-corrected chi connectivity index (χ4v) is 0.985. The van der Waals surface area contributed by atoms with Crippen LogP contribution in [0.15, 0.2) is 0 Å². The highest BCUT2D eigenvalue weighted by Crippen LogP contribution is 1.93. The Morgan fingerprint density at radius 1 is 1.31 bits per heavy atom. The number of nitrogens with one attached hydrogen (secondary N) is 2. The van der Waals surface area contributed by atoms with E-state index < -0.39 is 5.97 Å². The van der Waals surface area contributed by atoms with Crippen LogP contribution < -0.4 is 10.6 Å². The van der Waals surface area contributed by atoms with Crippen LogP contribution in [0.3, 0.4) is 0 Å². The lowest BCUT2D eigenvalue weighted by Gasteiger charge is -2.11. The van der Waals surface area contributed by atoms with E-state index in [9.17, 15) is 9.59 Å². The van der Waals surface area contributed by atoms with E-state index >= 15 is 0 Å². The van der Waals surface area contributed by atoms with Gasteiger partial charge in [-0.2, -0.15) is 0 Å². The molecule has 0 bridgehead atoms. The van der Waals surface area contributed by atoms with Crippen molar-refractivity contribution in [3.63, 3.8) is 0 Å². The lowest BCUT2D eigenvalue weighted by atomic mass is 10.2. The number of carbonyl (C=O) groups excluding carboxylic acids is 1. The molecule has 6 nitrogen and oxygen atoms in total. The predicted octanol–water partition coefficient (Wildman–Crippen LogP) is 0.575. The molecule has 0 radical (unpaired) electrons. The maximum Gasteiger partial charge on any atom is 0.314 e. The molecule has 0 aromatic heterocycles. The molecule has 16 heavy (non-hydrogen) atoms. The summed E-state index contributed by atoms with van der Waals surface area (Å²) in [6, 6.07) is -0.251. The Hall–Kier alpha value is -1.30. The third-order valence-corrected chi connectivity index (χ3v) is 2.06. The minimum atomic E-state index is -0.807. The molecule has 0 aromatic rings. The largest absolute Gasteiger partial charge is 0.481 e. The maximum absolute atomic E-state index is 11.2. The zero-order chi connectivity index (χ0) is 12.4. The van der Waals surface area contributed by atoms with Crippen molar-refractivity contribution in [1.82, 2.24) is 10.6 Å². The minimum absolute atomic E-state index is 0.0160. The molecule has 0 aromatic carbocycles. The summed E-state index contributed by atoms with van der Waals surface area (Å²) >= 11 is 0. The van der Waals surface area contributed by atoms with Crippen LogP contribution in [-0.4, -0.2) is 43.4 Å². The Kier molecular flexibility index (Phi) is 8.24. The molecule has 0 aliphatic rings. The van der Waals surface area contributed by atoms with Crippen molar-refractivity contribution in [2.75, 3.05) is 20.2 Å². The first kappa shape index (κ1) is 14.7. The highest BCUT2D eigenvalue weighted by molar-refractivity contribution is 5.73. The maximum atomic E-state index is 11.2. The number of aliphatic carboxylic acids is 1. The Labute approximate surface area is 95.4 Å². The van der Waals surface area contributed by atoms with Crippen molar-refractivity contribution in [2.45, 2.75) is 32.3 Å². The van der Waals surface area contributed by atoms with Crippen molar-refractivity contribution in [1.29, 1.82) is 0 Å². The zero-order valence-corrected chi connectivity index (χ0v) is 9.78. The molecular formula is C10H20N2O4. The molecule has 2 amide bonds. The topological polar surface area (TPSA) is 87.7 Å². The Bertz CT molecular complexity index is 221. The second-order valence-corrected chi connectivity index (χ2v) is 3.53. The fraction of sp³-hybridized carbons (Fsp3) is 0.800. The van der Waals surface area contributed by atoms with Crippen molar-refractivity contribution >= 4 is 12.0 Å². The molecule has 0 aliphatic heterocycles. The molecule has 3 N–H and O–H groups in total. The summed E-state index contributed by atoms with van der Waals surface area (Å²) in [6.45, 7) is 2.80. The number of carboxylic acids is 1. The SMILES string of the molecule is COC(C)CNC(=O)NCCCCC(=O)O. The molecular weight excluding hydrogens is 212 g/mol. The average molecular weight is 232 g/mol. The Balaban J connectivity index is 3.33. The van der Waals surface area contributed by atoms with Crippen LogP contribution in [0.5, 0.6) is 0 Å². The summed E-state index contributed by atoms with van der Waals surface area (Å²) in [5.74, 6) is -0.807. The molecule has 0 saturated carbocycles. The summed E-state index contributed by atoms with van der Waals surface area (Å²) in [5, 5.41) is 13.7. The second kappa shape index (κ2) is 8.96. The monoisotopic (exact) mass is 232 g/mol. The number of hydrogen-bond acceptors (Lipinski definition) is 3. The van der Waals surface area contributed by atoms with E-state index in [1.165, 1.54) is 0 Å². The lowest BCUT2D eigenvalue weighted by molar-refractivity contribution is -0.137. The number of hydrogen-bond donors (Lipinski definition) is 3. The summed E-state index contributed by atoms with van der Waals surface area (Å²) in [4.78, 5) is 21.4. The molecule has 1 unspecified atom stereocenters. The standard InChI is InChI=1S/C10H20N2O4/c1-8(16-2)7-12-10(15)11-6-4-3-5-9(13)14/h8H,3-7H2,1-2H3,(H,13,14)(H2,11,12,15). The van der Waals surface area contributed by atoms with Gasteiger partial charge in [-0.3, -0.25) is 4.79 Å². The zero-order valence-electron chi connectivity index (χ0n) is 9.78. The lowest BCUT2D eigenvalue weighted by Crippen LogP contribution is -2.39. The minimum Gasteiger partial charge on any atom is -0.481 e. The van der Waals surface area contributed by atoms with E-state index in [2.05, 4.69) is 10.6 Å². The van der Waals surface area contributed by atoms with E-state index in [0.29, 0.717) is 25.9 Å². The number of carboxylic acid groups (broad SMARTS) is 1. The fourth-order valence-electron chi connectivity index (χ4n) is 0.985. The first-order chi connectivity index (χ1) is 7.56. The quantitative estimate of drug-likeness (QED) is 0.534. The highest BCUT2D eigenvalue weighted by atomic mass is 16.5. The number of urea groups is 1. The first-order valence-electron chi connectivity index (χ1n) is 5.32. The van der Waals surface area contributed by atoms with Gasteiger partial charge in [0.2, 0.25) is 0 Å². The molecule has 0 heterocycles. The van der Waals surface area contributed by atoms with E-state index in [0.717, 1.165) is 0 Å². The van der Waals surface area contributed by atoms with Crippen LogP contribution in [0.4, 0.5) is 4.79 Å². The van der Waals surface area contributed by atoms with E-state index in [1.54, 1.807) is 7.11 Å². The molecule has 0 spiro atoms. The van der Waals surface area contributed by atoms with Crippen LogP contribution in [0.25, 0.3) is 0 Å². The Morgan fingerprint density at radius 3 is 2.56 bits per heavy atom. The predicted molar refractivity (Wildman–Crippen MR) is 59.4 cm³/mol. The van der Waals surface area contributed by atoms with E-state index in [-0.39, 0.29) is 18.6 Å². The van der Waals surface area contributed by atoms with Gasteiger partial charge in [0.15, 0.2) is 0 Å². The van der Waals surface area contributed by atoms with Crippen molar-refractivity contribution in [3.05, 3.63) is 0 Å². The summed E-state index contributed by atoms with van der Waals surface area (Å²) in [7, 11) is 1.58.